The van der Waals surface area contributed by atoms with Crippen LogP contribution in [0, 0.1) is 5.92 Å². The zero-order valence-corrected chi connectivity index (χ0v) is 7.90. The Labute approximate surface area is 70.6 Å². The molecule has 0 aromatic rings. The first kappa shape index (κ1) is 9.05. The highest BCUT2D eigenvalue weighted by molar-refractivity contribution is 4.77. The van der Waals surface area contributed by atoms with Gasteiger partial charge in [0, 0.05) is 6.04 Å². The zero-order chi connectivity index (χ0) is 8.10. The summed E-state index contributed by atoms with van der Waals surface area (Å²) in [7, 11) is 0. The van der Waals surface area contributed by atoms with E-state index in [-0.39, 0.29) is 0 Å². The summed E-state index contributed by atoms with van der Waals surface area (Å²) in [6.45, 7) is 5.82. The summed E-state index contributed by atoms with van der Waals surface area (Å²) in [5.41, 5.74) is 0. The molecule has 1 saturated carbocycles. The Bertz CT molecular complexity index is 101. The lowest BCUT2D eigenvalue weighted by Gasteiger charge is -2.29. The van der Waals surface area contributed by atoms with Crippen LogP contribution in [0.3, 0.4) is 0 Å². The average molecular weight is 155 g/mol. The summed E-state index contributed by atoms with van der Waals surface area (Å²) < 4.78 is 0. The van der Waals surface area contributed by atoms with E-state index < -0.39 is 0 Å². The molecular formula is C10H21N. The summed E-state index contributed by atoms with van der Waals surface area (Å²) in [4.78, 5) is 0. The van der Waals surface area contributed by atoms with Gasteiger partial charge in [0.05, 0.1) is 0 Å². The molecule has 0 heterocycles. The molecule has 66 valence electrons. The van der Waals surface area contributed by atoms with Gasteiger partial charge in [0.15, 0.2) is 0 Å². The maximum atomic E-state index is 3.62. The van der Waals surface area contributed by atoms with E-state index in [1.54, 1.807) is 0 Å². The SMILES string of the molecule is CCCN[C@H]1CCCC[C@@H]1C. The minimum absolute atomic E-state index is 0.823. The molecule has 0 unspecified atom stereocenters. The highest BCUT2D eigenvalue weighted by atomic mass is 14.9. The molecule has 1 aliphatic carbocycles. The van der Waals surface area contributed by atoms with Crippen LogP contribution in [0.25, 0.3) is 0 Å². The van der Waals surface area contributed by atoms with Crippen molar-refractivity contribution in [2.24, 2.45) is 5.92 Å². The lowest BCUT2D eigenvalue weighted by molar-refractivity contribution is 0.281. The van der Waals surface area contributed by atoms with Crippen LogP contribution in [-0.2, 0) is 0 Å². The van der Waals surface area contributed by atoms with Gasteiger partial charge in [0.2, 0.25) is 0 Å². The van der Waals surface area contributed by atoms with E-state index in [0.717, 1.165) is 12.0 Å². The molecule has 0 amide bonds. The number of hydrogen-bond acceptors (Lipinski definition) is 1. The van der Waals surface area contributed by atoms with Crippen molar-refractivity contribution in [3.63, 3.8) is 0 Å². The van der Waals surface area contributed by atoms with Gasteiger partial charge in [-0.25, -0.2) is 0 Å². The lowest BCUT2D eigenvalue weighted by Crippen LogP contribution is -2.37. The van der Waals surface area contributed by atoms with Gasteiger partial charge in [0.25, 0.3) is 0 Å². The van der Waals surface area contributed by atoms with Crippen LogP contribution >= 0.6 is 0 Å². The summed E-state index contributed by atoms with van der Waals surface area (Å²) in [5.74, 6) is 0.912. The average Bonchev–Trinajstić information content (AvgIpc) is 2.03. The fraction of sp³-hybridized carbons (Fsp3) is 1.00. The van der Waals surface area contributed by atoms with E-state index in [9.17, 15) is 0 Å². The molecule has 1 rings (SSSR count). The Kier molecular flexibility index (Phi) is 3.92. The lowest BCUT2D eigenvalue weighted by atomic mass is 9.86. The third-order valence-corrected chi connectivity index (χ3v) is 2.77. The molecule has 0 saturated heterocycles. The quantitative estimate of drug-likeness (QED) is 0.660. The van der Waals surface area contributed by atoms with Crippen molar-refractivity contribution in [2.45, 2.75) is 52.0 Å². The van der Waals surface area contributed by atoms with Crippen molar-refractivity contribution in [3.8, 4) is 0 Å². The maximum Gasteiger partial charge on any atom is 0.00926 e. The molecule has 1 N–H and O–H groups in total. The molecular weight excluding hydrogens is 134 g/mol. The van der Waals surface area contributed by atoms with Gasteiger partial charge in [-0.3, -0.25) is 0 Å². The molecule has 1 heteroatoms. The smallest absolute Gasteiger partial charge is 0.00926 e. The minimum atomic E-state index is 0.823. The van der Waals surface area contributed by atoms with E-state index in [4.69, 9.17) is 0 Å². The minimum Gasteiger partial charge on any atom is -0.314 e. The molecule has 0 radical (unpaired) electrons. The summed E-state index contributed by atoms with van der Waals surface area (Å²) in [6, 6.07) is 0.823. The first-order valence-electron chi connectivity index (χ1n) is 5.08. The van der Waals surface area contributed by atoms with Gasteiger partial charge < -0.3 is 5.32 Å². The second kappa shape index (κ2) is 4.76. The topological polar surface area (TPSA) is 12.0 Å². The fourth-order valence-corrected chi connectivity index (χ4v) is 1.95. The molecule has 0 aromatic heterocycles. The molecule has 1 aliphatic rings. The van der Waals surface area contributed by atoms with Gasteiger partial charge in [0.1, 0.15) is 0 Å². The molecule has 0 aliphatic heterocycles. The standard InChI is InChI=1S/C10H21N/c1-3-8-11-10-7-5-4-6-9(10)2/h9-11H,3-8H2,1-2H3/t9-,10-/m0/s1. The van der Waals surface area contributed by atoms with Crippen LogP contribution in [0.2, 0.25) is 0 Å². The van der Waals surface area contributed by atoms with Crippen LogP contribution in [0.15, 0.2) is 0 Å². The van der Waals surface area contributed by atoms with Crippen molar-refractivity contribution < 1.29 is 0 Å². The van der Waals surface area contributed by atoms with Crippen molar-refractivity contribution in [1.82, 2.24) is 5.32 Å². The molecule has 0 spiro atoms. The Morgan fingerprint density at radius 2 is 2.00 bits per heavy atom. The molecule has 0 aromatic carbocycles. The predicted molar refractivity (Wildman–Crippen MR) is 49.7 cm³/mol. The van der Waals surface area contributed by atoms with Gasteiger partial charge in [-0.2, -0.15) is 0 Å². The van der Waals surface area contributed by atoms with Crippen LogP contribution in [0.5, 0.6) is 0 Å². The van der Waals surface area contributed by atoms with Gasteiger partial charge in [-0.05, 0) is 31.7 Å². The second-order valence-corrected chi connectivity index (χ2v) is 3.82. The zero-order valence-electron chi connectivity index (χ0n) is 7.90. The second-order valence-electron chi connectivity index (χ2n) is 3.82. The van der Waals surface area contributed by atoms with Gasteiger partial charge in [-0.15, -0.1) is 0 Å². The molecule has 2 atom stereocenters. The normalized spacial score (nSPS) is 32.2. The van der Waals surface area contributed by atoms with Crippen molar-refractivity contribution in [3.05, 3.63) is 0 Å². The monoisotopic (exact) mass is 155 g/mol. The Hall–Kier alpha value is -0.0400. The summed E-state index contributed by atoms with van der Waals surface area (Å²) in [5, 5.41) is 3.62. The van der Waals surface area contributed by atoms with Crippen LogP contribution < -0.4 is 5.32 Å². The van der Waals surface area contributed by atoms with E-state index >= 15 is 0 Å². The van der Waals surface area contributed by atoms with Crippen LogP contribution in [-0.4, -0.2) is 12.6 Å². The Morgan fingerprint density at radius 3 is 2.64 bits per heavy atom. The number of nitrogens with one attached hydrogen (secondary N) is 1. The Morgan fingerprint density at radius 1 is 1.27 bits per heavy atom. The maximum absolute atomic E-state index is 3.62. The van der Waals surface area contributed by atoms with Crippen LogP contribution in [0.4, 0.5) is 0 Å². The van der Waals surface area contributed by atoms with E-state index in [2.05, 4.69) is 19.2 Å². The Balaban J connectivity index is 2.18. The number of rotatable bonds is 3. The highest BCUT2D eigenvalue weighted by Crippen LogP contribution is 2.23. The molecule has 1 fully saturated rings. The van der Waals surface area contributed by atoms with E-state index in [1.807, 2.05) is 0 Å². The predicted octanol–water partition coefficient (Wildman–Crippen LogP) is 2.56. The van der Waals surface area contributed by atoms with Gasteiger partial charge >= 0.3 is 0 Å². The first-order chi connectivity index (χ1) is 5.34. The van der Waals surface area contributed by atoms with E-state index in [0.29, 0.717) is 0 Å². The summed E-state index contributed by atoms with van der Waals surface area (Å²) >= 11 is 0. The molecule has 0 bridgehead atoms. The fourth-order valence-electron chi connectivity index (χ4n) is 1.95. The molecule has 11 heavy (non-hydrogen) atoms. The summed E-state index contributed by atoms with van der Waals surface area (Å²) in [6.07, 6.45) is 6.99. The van der Waals surface area contributed by atoms with Crippen molar-refractivity contribution in [2.75, 3.05) is 6.54 Å². The van der Waals surface area contributed by atoms with Crippen molar-refractivity contribution in [1.29, 1.82) is 0 Å². The van der Waals surface area contributed by atoms with E-state index in [1.165, 1.54) is 38.6 Å². The third kappa shape index (κ3) is 2.82. The van der Waals surface area contributed by atoms with Gasteiger partial charge in [-0.1, -0.05) is 26.7 Å². The van der Waals surface area contributed by atoms with Crippen LogP contribution in [0.1, 0.15) is 46.0 Å². The molecule has 1 nitrogen and oxygen atoms in total. The third-order valence-electron chi connectivity index (χ3n) is 2.77. The largest absolute Gasteiger partial charge is 0.314 e. The number of hydrogen-bond donors (Lipinski definition) is 1. The first-order valence-corrected chi connectivity index (χ1v) is 5.08. The highest BCUT2D eigenvalue weighted by Gasteiger charge is 2.19. The van der Waals surface area contributed by atoms with Crippen molar-refractivity contribution >= 4 is 0 Å².